The van der Waals surface area contributed by atoms with E-state index in [1.807, 2.05) is 32.7 Å². The average molecular weight is 244 g/mol. The van der Waals surface area contributed by atoms with Gasteiger partial charge in [0.25, 0.3) is 0 Å². The molecule has 0 aliphatic carbocycles. The Morgan fingerprint density at radius 1 is 1.24 bits per heavy atom. The first-order valence-corrected chi connectivity index (χ1v) is 5.77. The topological polar surface area (TPSA) is 87.5 Å². The number of hydrogen-bond acceptors (Lipinski definition) is 4. The molecule has 2 amide bonds. The highest BCUT2D eigenvalue weighted by molar-refractivity contribution is 5.79. The molecule has 0 rings (SSSR count). The molecule has 0 heterocycles. The summed E-state index contributed by atoms with van der Waals surface area (Å²) in [5, 5.41) is 2.61. The standard InChI is InChI=1S/C11H24N4O2/c1-7(10(16)13-4)6-15(5)9(3)8(2)11(17)14-12/h7-9H,6,12H2,1-5H3,(H,13,16)(H,14,17). The van der Waals surface area contributed by atoms with Crippen molar-refractivity contribution >= 4 is 11.8 Å². The van der Waals surface area contributed by atoms with Crippen LogP contribution in [0.3, 0.4) is 0 Å². The first kappa shape index (κ1) is 15.9. The number of nitrogens with one attached hydrogen (secondary N) is 2. The highest BCUT2D eigenvalue weighted by atomic mass is 16.2. The van der Waals surface area contributed by atoms with Crippen molar-refractivity contribution in [2.75, 3.05) is 20.6 Å². The van der Waals surface area contributed by atoms with Crippen molar-refractivity contribution < 1.29 is 9.59 Å². The molecule has 100 valence electrons. The zero-order chi connectivity index (χ0) is 13.6. The monoisotopic (exact) mass is 244 g/mol. The van der Waals surface area contributed by atoms with Gasteiger partial charge in [0.15, 0.2) is 0 Å². The molecule has 0 bridgehead atoms. The summed E-state index contributed by atoms with van der Waals surface area (Å²) in [6.45, 7) is 6.21. The van der Waals surface area contributed by atoms with E-state index in [2.05, 4.69) is 10.7 Å². The molecule has 3 unspecified atom stereocenters. The molecular weight excluding hydrogens is 220 g/mol. The lowest BCUT2D eigenvalue weighted by atomic mass is 10.0. The van der Waals surface area contributed by atoms with Gasteiger partial charge in [-0.3, -0.25) is 15.0 Å². The van der Waals surface area contributed by atoms with Crippen molar-refractivity contribution in [3.05, 3.63) is 0 Å². The molecular formula is C11H24N4O2. The lowest BCUT2D eigenvalue weighted by molar-refractivity contribution is -0.126. The Hall–Kier alpha value is -1.14. The van der Waals surface area contributed by atoms with Crippen molar-refractivity contribution in [2.45, 2.75) is 26.8 Å². The first-order chi connectivity index (χ1) is 7.84. The van der Waals surface area contributed by atoms with Crippen LogP contribution in [0.15, 0.2) is 0 Å². The van der Waals surface area contributed by atoms with E-state index < -0.39 is 0 Å². The van der Waals surface area contributed by atoms with E-state index in [4.69, 9.17) is 5.84 Å². The summed E-state index contributed by atoms with van der Waals surface area (Å²) in [4.78, 5) is 24.8. The van der Waals surface area contributed by atoms with Crippen LogP contribution in [0, 0.1) is 11.8 Å². The lowest BCUT2D eigenvalue weighted by Gasteiger charge is -2.30. The summed E-state index contributed by atoms with van der Waals surface area (Å²) in [6, 6.07) is 0.0191. The van der Waals surface area contributed by atoms with Crippen molar-refractivity contribution in [2.24, 2.45) is 17.7 Å². The van der Waals surface area contributed by atoms with Crippen molar-refractivity contribution in [3.63, 3.8) is 0 Å². The first-order valence-electron chi connectivity index (χ1n) is 5.77. The van der Waals surface area contributed by atoms with E-state index in [-0.39, 0.29) is 29.7 Å². The predicted molar refractivity (Wildman–Crippen MR) is 66.8 cm³/mol. The van der Waals surface area contributed by atoms with Gasteiger partial charge in [-0.05, 0) is 14.0 Å². The average Bonchev–Trinajstić information content (AvgIpc) is 2.34. The molecule has 3 atom stereocenters. The fourth-order valence-corrected chi connectivity index (χ4v) is 1.66. The van der Waals surface area contributed by atoms with Crippen molar-refractivity contribution in [1.82, 2.24) is 15.6 Å². The van der Waals surface area contributed by atoms with E-state index in [1.54, 1.807) is 7.05 Å². The Morgan fingerprint density at radius 3 is 2.18 bits per heavy atom. The highest BCUT2D eigenvalue weighted by Gasteiger charge is 2.25. The van der Waals surface area contributed by atoms with Crippen LogP contribution >= 0.6 is 0 Å². The van der Waals surface area contributed by atoms with Gasteiger partial charge in [0.2, 0.25) is 11.8 Å². The van der Waals surface area contributed by atoms with Crippen molar-refractivity contribution in [3.8, 4) is 0 Å². The molecule has 0 aromatic rings. The maximum Gasteiger partial charge on any atom is 0.238 e. The summed E-state index contributed by atoms with van der Waals surface area (Å²) >= 11 is 0. The number of hydrazine groups is 1. The Kier molecular flexibility index (Phi) is 6.75. The number of carbonyl (C=O) groups excluding carboxylic acids is 2. The third-order valence-corrected chi connectivity index (χ3v) is 3.23. The molecule has 0 aromatic carbocycles. The van der Waals surface area contributed by atoms with E-state index in [1.165, 1.54) is 0 Å². The maximum absolute atomic E-state index is 11.4. The lowest BCUT2D eigenvalue weighted by Crippen LogP contribution is -2.46. The van der Waals surface area contributed by atoms with Gasteiger partial charge in [0.05, 0.1) is 5.92 Å². The summed E-state index contributed by atoms with van der Waals surface area (Å²) in [6.07, 6.45) is 0. The van der Waals surface area contributed by atoms with Gasteiger partial charge in [0, 0.05) is 25.6 Å². The summed E-state index contributed by atoms with van der Waals surface area (Å²) in [7, 11) is 3.51. The second-order valence-corrected chi connectivity index (χ2v) is 4.49. The Bertz CT molecular complexity index is 270. The molecule has 0 radical (unpaired) electrons. The molecule has 4 N–H and O–H groups in total. The number of carbonyl (C=O) groups is 2. The van der Waals surface area contributed by atoms with Gasteiger partial charge >= 0.3 is 0 Å². The van der Waals surface area contributed by atoms with Crippen molar-refractivity contribution in [1.29, 1.82) is 0 Å². The smallest absolute Gasteiger partial charge is 0.238 e. The van der Waals surface area contributed by atoms with Crippen LogP contribution < -0.4 is 16.6 Å². The molecule has 0 aromatic heterocycles. The van der Waals surface area contributed by atoms with Gasteiger partial charge in [-0.1, -0.05) is 13.8 Å². The summed E-state index contributed by atoms with van der Waals surface area (Å²) in [5.74, 6) is 4.57. The Balaban J connectivity index is 4.35. The fourth-order valence-electron chi connectivity index (χ4n) is 1.66. The number of nitrogens with two attached hydrogens (primary N) is 1. The minimum atomic E-state index is -0.220. The van der Waals surface area contributed by atoms with Gasteiger partial charge in [-0.2, -0.15) is 0 Å². The Labute approximate surface area is 103 Å². The third kappa shape index (κ3) is 4.70. The van der Waals surface area contributed by atoms with Crippen LogP contribution in [-0.4, -0.2) is 43.4 Å². The number of rotatable bonds is 6. The van der Waals surface area contributed by atoms with E-state index >= 15 is 0 Å². The van der Waals surface area contributed by atoms with Crippen LogP contribution in [0.1, 0.15) is 20.8 Å². The number of amides is 2. The van der Waals surface area contributed by atoms with Crippen LogP contribution in [0.4, 0.5) is 0 Å². The second kappa shape index (κ2) is 7.24. The fraction of sp³-hybridized carbons (Fsp3) is 0.818. The minimum Gasteiger partial charge on any atom is -0.359 e. The molecule has 6 nitrogen and oxygen atoms in total. The van der Waals surface area contributed by atoms with E-state index in [0.29, 0.717) is 6.54 Å². The van der Waals surface area contributed by atoms with Gasteiger partial charge < -0.3 is 10.2 Å². The quantitative estimate of drug-likeness (QED) is 0.328. The molecule has 0 saturated heterocycles. The van der Waals surface area contributed by atoms with Crippen LogP contribution in [0.2, 0.25) is 0 Å². The van der Waals surface area contributed by atoms with Crippen LogP contribution in [0.25, 0.3) is 0 Å². The molecule has 0 aliphatic rings. The predicted octanol–water partition coefficient (Wildman–Crippen LogP) is -0.685. The summed E-state index contributed by atoms with van der Waals surface area (Å²) < 4.78 is 0. The zero-order valence-electron chi connectivity index (χ0n) is 11.3. The van der Waals surface area contributed by atoms with Gasteiger partial charge in [0.1, 0.15) is 0 Å². The summed E-state index contributed by atoms with van der Waals surface area (Å²) in [5.41, 5.74) is 2.14. The Morgan fingerprint density at radius 2 is 1.76 bits per heavy atom. The number of hydrogen-bond donors (Lipinski definition) is 3. The minimum absolute atomic E-state index is 0.0000190. The normalized spacial score (nSPS) is 16.2. The van der Waals surface area contributed by atoms with E-state index in [9.17, 15) is 9.59 Å². The van der Waals surface area contributed by atoms with Gasteiger partial charge in [-0.15, -0.1) is 0 Å². The maximum atomic E-state index is 11.4. The van der Waals surface area contributed by atoms with Gasteiger partial charge in [-0.25, -0.2) is 5.84 Å². The van der Waals surface area contributed by atoms with E-state index in [0.717, 1.165) is 0 Å². The largest absolute Gasteiger partial charge is 0.359 e. The zero-order valence-corrected chi connectivity index (χ0v) is 11.3. The molecule has 17 heavy (non-hydrogen) atoms. The van der Waals surface area contributed by atoms with Crippen LogP contribution in [-0.2, 0) is 9.59 Å². The molecule has 0 spiro atoms. The molecule has 6 heteroatoms. The SMILES string of the molecule is CNC(=O)C(C)CN(C)C(C)C(C)C(=O)NN. The number of nitrogens with zero attached hydrogens (tertiary/aromatic N) is 1. The van der Waals surface area contributed by atoms with Crippen LogP contribution in [0.5, 0.6) is 0 Å². The molecule has 0 aliphatic heterocycles. The second-order valence-electron chi connectivity index (χ2n) is 4.49. The molecule has 0 saturated carbocycles. The highest BCUT2D eigenvalue weighted by Crippen LogP contribution is 2.11. The third-order valence-electron chi connectivity index (χ3n) is 3.23. The molecule has 0 fully saturated rings.